The molecule has 0 fully saturated rings. The molecule has 0 saturated carbocycles. The number of nitrogens with two attached hydrogens (primary N) is 1. The first-order valence-corrected chi connectivity index (χ1v) is 7.10. The average Bonchev–Trinajstić information content (AvgIpc) is 2.47. The first kappa shape index (κ1) is 14.5. The fraction of sp³-hybridized carbons (Fsp3) is 0.353. The van der Waals surface area contributed by atoms with E-state index in [0.717, 1.165) is 23.6 Å². The van der Waals surface area contributed by atoms with Crippen molar-refractivity contribution in [3.05, 3.63) is 53.9 Å². The lowest BCUT2D eigenvalue weighted by molar-refractivity contribution is 0.467. The highest BCUT2D eigenvalue weighted by molar-refractivity contribution is 5.39. The summed E-state index contributed by atoms with van der Waals surface area (Å²) in [4.78, 5) is 4.32. The highest BCUT2D eigenvalue weighted by atomic mass is 16.5. The standard InChI is InChI=1S/C17H22N2O/c1-4-12(2)15-7-5-6-8-17(15)20-14-9-10-16(13(3)18)19-11-14/h5-13H,4,18H2,1-3H3/t12?,13-/m1/s1. The van der Waals surface area contributed by atoms with Crippen molar-refractivity contribution in [1.82, 2.24) is 4.98 Å². The second-order valence-electron chi connectivity index (χ2n) is 5.16. The fourth-order valence-corrected chi connectivity index (χ4v) is 2.05. The van der Waals surface area contributed by atoms with Crippen molar-refractivity contribution in [3.8, 4) is 11.5 Å². The smallest absolute Gasteiger partial charge is 0.145 e. The van der Waals surface area contributed by atoms with Gasteiger partial charge in [-0.3, -0.25) is 4.98 Å². The van der Waals surface area contributed by atoms with Gasteiger partial charge in [-0.1, -0.05) is 32.0 Å². The van der Waals surface area contributed by atoms with E-state index in [9.17, 15) is 0 Å². The third-order valence-corrected chi connectivity index (χ3v) is 3.52. The molecule has 2 N–H and O–H groups in total. The molecule has 0 aliphatic heterocycles. The minimum atomic E-state index is -0.0588. The lowest BCUT2D eigenvalue weighted by Gasteiger charge is -2.15. The maximum atomic E-state index is 5.96. The number of benzene rings is 1. The molecule has 2 atom stereocenters. The Morgan fingerprint density at radius 2 is 1.90 bits per heavy atom. The second kappa shape index (κ2) is 6.53. The monoisotopic (exact) mass is 270 g/mol. The second-order valence-corrected chi connectivity index (χ2v) is 5.16. The molecule has 1 aromatic carbocycles. The Hall–Kier alpha value is -1.87. The molecule has 2 aromatic rings. The van der Waals surface area contributed by atoms with Gasteiger partial charge in [0.15, 0.2) is 0 Å². The molecule has 2 rings (SSSR count). The zero-order chi connectivity index (χ0) is 14.5. The number of rotatable bonds is 5. The van der Waals surface area contributed by atoms with Gasteiger partial charge in [-0.25, -0.2) is 0 Å². The van der Waals surface area contributed by atoms with Crippen LogP contribution in [0.25, 0.3) is 0 Å². The molecule has 3 heteroatoms. The maximum absolute atomic E-state index is 5.96. The van der Waals surface area contributed by atoms with Crippen LogP contribution in [0.15, 0.2) is 42.6 Å². The van der Waals surface area contributed by atoms with E-state index in [1.807, 2.05) is 37.3 Å². The van der Waals surface area contributed by atoms with Crippen LogP contribution >= 0.6 is 0 Å². The van der Waals surface area contributed by atoms with Crippen LogP contribution < -0.4 is 10.5 Å². The largest absolute Gasteiger partial charge is 0.455 e. The van der Waals surface area contributed by atoms with Gasteiger partial charge in [-0.2, -0.15) is 0 Å². The Balaban J connectivity index is 2.21. The first-order valence-electron chi connectivity index (χ1n) is 7.10. The molecule has 1 unspecified atom stereocenters. The summed E-state index contributed by atoms with van der Waals surface area (Å²) in [7, 11) is 0. The van der Waals surface area contributed by atoms with E-state index in [1.165, 1.54) is 5.56 Å². The molecule has 0 spiro atoms. The van der Waals surface area contributed by atoms with Gasteiger partial charge in [0.05, 0.1) is 11.9 Å². The highest BCUT2D eigenvalue weighted by Crippen LogP contribution is 2.31. The fourth-order valence-electron chi connectivity index (χ4n) is 2.05. The minimum absolute atomic E-state index is 0.0588. The van der Waals surface area contributed by atoms with Crippen molar-refractivity contribution in [2.24, 2.45) is 5.73 Å². The number of pyridine rings is 1. The Bertz CT molecular complexity index is 549. The number of nitrogens with zero attached hydrogens (tertiary/aromatic N) is 1. The number of para-hydroxylation sites is 1. The van der Waals surface area contributed by atoms with E-state index in [2.05, 4.69) is 24.9 Å². The molecule has 0 saturated heterocycles. The Labute approximate surface area is 120 Å². The van der Waals surface area contributed by atoms with Crippen LogP contribution in [-0.2, 0) is 0 Å². The van der Waals surface area contributed by atoms with Gasteiger partial charge in [0, 0.05) is 6.04 Å². The maximum Gasteiger partial charge on any atom is 0.145 e. The summed E-state index contributed by atoms with van der Waals surface area (Å²) in [6, 6.07) is 11.9. The van der Waals surface area contributed by atoms with Crippen LogP contribution in [0.5, 0.6) is 11.5 Å². The number of hydrogen-bond acceptors (Lipinski definition) is 3. The lowest BCUT2D eigenvalue weighted by Crippen LogP contribution is -2.06. The zero-order valence-corrected chi connectivity index (χ0v) is 12.3. The molecule has 0 aliphatic rings. The normalized spacial score (nSPS) is 13.8. The van der Waals surface area contributed by atoms with Crippen LogP contribution in [0.4, 0.5) is 0 Å². The van der Waals surface area contributed by atoms with Gasteiger partial charge in [-0.05, 0) is 43.0 Å². The number of hydrogen-bond donors (Lipinski definition) is 1. The quantitative estimate of drug-likeness (QED) is 0.875. The first-order chi connectivity index (χ1) is 9.61. The summed E-state index contributed by atoms with van der Waals surface area (Å²) in [5.41, 5.74) is 7.89. The van der Waals surface area contributed by atoms with E-state index >= 15 is 0 Å². The summed E-state index contributed by atoms with van der Waals surface area (Å²) in [5, 5.41) is 0. The summed E-state index contributed by atoms with van der Waals surface area (Å²) in [5.74, 6) is 2.12. The van der Waals surface area contributed by atoms with Crippen LogP contribution in [0.3, 0.4) is 0 Å². The van der Waals surface area contributed by atoms with Gasteiger partial charge in [-0.15, -0.1) is 0 Å². The molecule has 0 aliphatic carbocycles. The van der Waals surface area contributed by atoms with E-state index in [-0.39, 0.29) is 6.04 Å². The summed E-state index contributed by atoms with van der Waals surface area (Å²) < 4.78 is 5.96. The lowest BCUT2D eigenvalue weighted by atomic mass is 9.98. The topological polar surface area (TPSA) is 48.1 Å². The van der Waals surface area contributed by atoms with Crippen molar-refractivity contribution in [2.75, 3.05) is 0 Å². The van der Waals surface area contributed by atoms with Gasteiger partial charge < -0.3 is 10.5 Å². The Morgan fingerprint density at radius 3 is 2.50 bits per heavy atom. The third kappa shape index (κ3) is 3.36. The molecule has 1 aromatic heterocycles. The zero-order valence-electron chi connectivity index (χ0n) is 12.3. The van der Waals surface area contributed by atoms with E-state index in [0.29, 0.717) is 5.92 Å². The van der Waals surface area contributed by atoms with Gasteiger partial charge in [0.25, 0.3) is 0 Å². The van der Waals surface area contributed by atoms with Crippen molar-refractivity contribution < 1.29 is 4.74 Å². The van der Waals surface area contributed by atoms with Gasteiger partial charge in [0.1, 0.15) is 11.5 Å². The SMILES string of the molecule is CCC(C)c1ccccc1Oc1ccc([C@@H](C)N)nc1. The van der Waals surface area contributed by atoms with Gasteiger partial charge >= 0.3 is 0 Å². The highest BCUT2D eigenvalue weighted by Gasteiger charge is 2.10. The molecule has 106 valence electrons. The molecular formula is C17H22N2O. The molecule has 0 bridgehead atoms. The van der Waals surface area contributed by atoms with Crippen molar-refractivity contribution in [1.29, 1.82) is 0 Å². The van der Waals surface area contributed by atoms with E-state index in [4.69, 9.17) is 10.5 Å². The summed E-state index contributed by atoms with van der Waals surface area (Å²) in [6.07, 6.45) is 2.81. The van der Waals surface area contributed by atoms with Crippen LogP contribution in [0.2, 0.25) is 0 Å². The summed E-state index contributed by atoms with van der Waals surface area (Å²) in [6.45, 7) is 6.31. The van der Waals surface area contributed by atoms with Crippen LogP contribution in [-0.4, -0.2) is 4.98 Å². The minimum Gasteiger partial charge on any atom is -0.455 e. The predicted molar refractivity (Wildman–Crippen MR) is 82.1 cm³/mol. The molecular weight excluding hydrogens is 248 g/mol. The van der Waals surface area contributed by atoms with E-state index < -0.39 is 0 Å². The Kier molecular flexibility index (Phi) is 4.74. The van der Waals surface area contributed by atoms with Gasteiger partial charge in [0.2, 0.25) is 0 Å². The Morgan fingerprint density at radius 1 is 1.15 bits per heavy atom. The molecule has 3 nitrogen and oxygen atoms in total. The van der Waals surface area contributed by atoms with Crippen LogP contribution in [0.1, 0.15) is 50.4 Å². The number of aromatic nitrogens is 1. The van der Waals surface area contributed by atoms with Crippen molar-refractivity contribution >= 4 is 0 Å². The molecule has 0 radical (unpaired) electrons. The number of ether oxygens (including phenoxy) is 1. The predicted octanol–water partition coefficient (Wildman–Crippen LogP) is 4.41. The van der Waals surface area contributed by atoms with Crippen molar-refractivity contribution in [3.63, 3.8) is 0 Å². The van der Waals surface area contributed by atoms with Crippen molar-refractivity contribution in [2.45, 2.75) is 39.2 Å². The van der Waals surface area contributed by atoms with Crippen LogP contribution in [0, 0.1) is 0 Å². The molecule has 0 amide bonds. The van der Waals surface area contributed by atoms with E-state index in [1.54, 1.807) is 6.20 Å². The average molecular weight is 270 g/mol. The summed E-state index contributed by atoms with van der Waals surface area (Å²) >= 11 is 0. The molecule has 20 heavy (non-hydrogen) atoms. The molecule has 1 heterocycles. The third-order valence-electron chi connectivity index (χ3n) is 3.52.